The van der Waals surface area contributed by atoms with Crippen molar-refractivity contribution in [2.45, 2.75) is 0 Å². The summed E-state index contributed by atoms with van der Waals surface area (Å²) in [5.41, 5.74) is 15.0. The molecule has 3 heteroatoms. The molecule has 0 saturated carbocycles. The van der Waals surface area contributed by atoms with Gasteiger partial charge in [0.25, 0.3) is 0 Å². The third-order valence-corrected chi connectivity index (χ3v) is 8.77. The molecule has 0 bridgehead atoms. The number of hydrogen-bond donors (Lipinski definition) is 0. The normalized spacial score (nSPS) is 10.8. The van der Waals surface area contributed by atoms with Gasteiger partial charge in [0.1, 0.15) is 18.9 Å². The molecular weight excluding hydrogens is 588 g/mol. The van der Waals surface area contributed by atoms with E-state index in [1.807, 2.05) is 72.8 Å². The highest BCUT2D eigenvalue weighted by Gasteiger charge is 2.15. The van der Waals surface area contributed by atoms with Crippen LogP contribution in [0.4, 0.5) is 0 Å². The lowest BCUT2D eigenvalue weighted by Crippen LogP contribution is -1.91. The maximum atomic E-state index is 11.2. The van der Waals surface area contributed by atoms with Crippen LogP contribution in [0.2, 0.25) is 0 Å². The predicted molar refractivity (Wildman–Crippen MR) is 195 cm³/mol. The smallest absolute Gasteiger partial charge is 0.150 e. The fraction of sp³-hybridized carbons (Fsp3) is 0. The van der Waals surface area contributed by atoms with E-state index in [0.29, 0.717) is 16.7 Å². The first-order chi connectivity index (χ1) is 23.6. The Kier molecular flexibility index (Phi) is 8.50. The lowest BCUT2D eigenvalue weighted by atomic mass is 9.86. The van der Waals surface area contributed by atoms with E-state index in [4.69, 9.17) is 0 Å². The van der Waals surface area contributed by atoms with E-state index in [9.17, 15) is 14.4 Å². The monoisotopic (exact) mass is 618 g/mol. The summed E-state index contributed by atoms with van der Waals surface area (Å²) in [6.07, 6.45) is 2.57. The molecule has 48 heavy (non-hydrogen) atoms. The molecule has 7 rings (SSSR count). The number of benzene rings is 7. The summed E-state index contributed by atoms with van der Waals surface area (Å²) in [6.45, 7) is 0. The number of rotatable bonds is 9. The van der Waals surface area contributed by atoms with E-state index < -0.39 is 0 Å². The number of carbonyl (C=O) groups excluding carboxylic acids is 3. The van der Waals surface area contributed by atoms with Crippen LogP contribution in [0.5, 0.6) is 0 Å². The average molecular weight is 619 g/mol. The minimum absolute atomic E-state index is 0.655. The van der Waals surface area contributed by atoms with Gasteiger partial charge in [-0.1, -0.05) is 164 Å². The Morgan fingerprint density at radius 1 is 0.250 bits per heavy atom. The van der Waals surface area contributed by atoms with E-state index in [1.54, 1.807) is 0 Å². The summed E-state index contributed by atoms with van der Waals surface area (Å²) in [4.78, 5) is 33.4. The van der Waals surface area contributed by atoms with Gasteiger partial charge < -0.3 is 0 Å². The molecular formula is C45H30O3. The molecule has 0 unspecified atom stereocenters. The molecule has 0 aliphatic heterocycles. The lowest BCUT2D eigenvalue weighted by molar-refractivity contribution is 0.111. The molecule has 0 N–H and O–H groups in total. The highest BCUT2D eigenvalue weighted by atomic mass is 16.1. The van der Waals surface area contributed by atoms with Gasteiger partial charge in [-0.2, -0.15) is 0 Å². The van der Waals surface area contributed by atoms with Crippen molar-refractivity contribution >= 4 is 18.9 Å². The van der Waals surface area contributed by atoms with Crippen LogP contribution in [0.25, 0.3) is 66.8 Å². The minimum atomic E-state index is 0.655. The van der Waals surface area contributed by atoms with Crippen molar-refractivity contribution in [3.63, 3.8) is 0 Å². The van der Waals surface area contributed by atoms with Gasteiger partial charge in [0.15, 0.2) is 0 Å². The van der Waals surface area contributed by atoms with Crippen molar-refractivity contribution in [2.24, 2.45) is 0 Å². The lowest BCUT2D eigenvalue weighted by Gasteiger charge is -2.17. The molecule has 7 aromatic rings. The molecule has 0 aromatic heterocycles. The number of carbonyl (C=O) groups is 3. The Hall–Kier alpha value is -6.45. The average Bonchev–Trinajstić information content (AvgIpc) is 3.18. The van der Waals surface area contributed by atoms with Crippen molar-refractivity contribution in [1.29, 1.82) is 0 Å². The van der Waals surface area contributed by atoms with Gasteiger partial charge in [-0.15, -0.1) is 0 Å². The molecule has 0 aliphatic rings. The summed E-state index contributed by atoms with van der Waals surface area (Å²) in [5.74, 6) is 0. The number of hydrogen-bond acceptors (Lipinski definition) is 3. The van der Waals surface area contributed by atoms with E-state index in [-0.39, 0.29) is 0 Å². The zero-order valence-corrected chi connectivity index (χ0v) is 26.0. The topological polar surface area (TPSA) is 51.2 Å². The van der Waals surface area contributed by atoms with Crippen molar-refractivity contribution in [2.75, 3.05) is 0 Å². The Labute approximate surface area is 279 Å². The first-order valence-corrected chi connectivity index (χ1v) is 15.7. The van der Waals surface area contributed by atoms with Crippen LogP contribution in [0, 0.1) is 0 Å². The number of aldehydes is 3. The van der Waals surface area contributed by atoms with E-state index in [1.165, 1.54) is 0 Å². The zero-order valence-electron chi connectivity index (χ0n) is 26.0. The van der Waals surface area contributed by atoms with E-state index in [0.717, 1.165) is 85.6 Å². The molecule has 0 heterocycles. The minimum Gasteiger partial charge on any atom is -0.298 e. The molecule has 7 aromatic carbocycles. The van der Waals surface area contributed by atoms with Gasteiger partial charge in [-0.05, 0) is 66.8 Å². The summed E-state index contributed by atoms with van der Waals surface area (Å²) >= 11 is 0. The van der Waals surface area contributed by atoms with Crippen LogP contribution >= 0.6 is 0 Å². The summed E-state index contributed by atoms with van der Waals surface area (Å²) in [5, 5.41) is 0. The van der Waals surface area contributed by atoms with Crippen LogP contribution in [0.15, 0.2) is 164 Å². The molecule has 0 spiro atoms. The van der Waals surface area contributed by atoms with Crippen LogP contribution < -0.4 is 0 Å². The SMILES string of the molecule is O=Cc1ccc(-c2ccc(-c3cccc(-c4ccc(-c5ccc(C=O)cc5)cc4)c3-c3ccc(-c4ccc(C=O)cc4)cc3)cc2)cc1. The first-order valence-electron chi connectivity index (χ1n) is 15.7. The molecule has 0 fully saturated rings. The van der Waals surface area contributed by atoms with Crippen LogP contribution in [0.3, 0.4) is 0 Å². The Balaban J connectivity index is 1.30. The standard InChI is InChI=1S/C45H30O3/c46-28-31-4-10-34(11-5-31)37-16-22-40(23-17-37)43-2-1-3-44(41-24-18-38(19-25-41)35-12-6-32(29-47)7-13-35)45(43)42-26-20-39(21-27-42)36-14-8-33(30-48)9-15-36/h1-30H. The molecule has 0 radical (unpaired) electrons. The Morgan fingerprint density at radius 3 is 0.750 bits per heavy atom. The molecule has 0 aliphatic carbocycles. The van der Waals surface area contributed by atoms with Crippen molar-refractivity contribution in [3.8, 4) is 66.8 Å². The summed E-state index contributed by atoms with van der Waals surface area (Å²) in [7, 11) is 0. The van der Waals surface area contributed by atoms with Gasteiger partial charge in [0.05, 0.1) is 0 Å². The fourth-order valence-electron chi connectivity index (χ4n) is 6.12. The third-order valence-electron chi connectivity index (χ3n) is 8.77. The van der Waals surface area contributed by atoms with Crippen molar-refractivity contribution < 1.29 is 14.4 Å². The predicted octanol–water partition coefficient (Wildman–Crippen LogP) is 11.1. The fourth-order valence-corrected chi connectivity index (χ4v) is 6.12. The molecule has 228 valence electrons. The molecule has 0 atom stereocenters. The first kappa shape index (κ1) is 30.2. The molecule has 0 amide bonds. The van der Waals surface area contributed by atoms with Crippen LogP contribution in [0.1, 0.15) is 31.1 Å². The van der Waals surface area contributed by atoms with Gasteiger partial charge in [0.2, 0.25) is 0 Å². The van der Waals surface area contributed by atoms with Gasteiger partial charge in [-0.25, -0.2) is 0 Å². The Morgan fingerprint density at radius 2 is 0.479 bits per heavy atom. The zero-order chi connectivity index (χ0) is 32.9. The highest BCUT2D eigenvalue weighted by Crippen LogP contribution is 2.41. The second-order valence-electron chi connectivity index (χ2n) is 11.7. The second kappa shape index (κ2) is 13.5. The highest BCUT2D eigenvalue weighted by molar-refractivity contribution is 5.95. The largest absolute Gasteiger partial charge is 0.298 e. The maximum Gasteiger partial charge on any atom is 0.150 e. The second-order valence-corrected chi connectivity index (χ2v) is 11.7. The van der Waals surface area contributed by atoms with Crippen LogP contribution in [-0.4, -0.2) is 18.9 Å². The van der Waals surface area contributed by atoms with Crippen molar-refractivity contribution in [3.05, 3.63) is 180 Å². The van der Waals surface area contributed by atoms with Gasteiger partial charge >= 0.3 is 0 Å². The quantitative estimate of drug-likeness (QED) is 0.151. The third kappa shape index (κ3) is 6.18. The Bertz CT molecular complexity index is 2100. The summed E-state index contributed by atoms with van der Waals surface area (Å²) < 4.78 is 0. The maximum absolute atomic E-state index is 11.2. The van der Waals surface area contributed by atoms with Crippen LogP contribution in [-0.2, 0) is 0 Å². The molecule has 0 saturated heterocycles. The molecule has 3 nitrogen and oxygen atoms in total. The van der Waals surface area contributed by atoms with Gasteiger partial charge in [0, 0.05) is 16.7 Å². The van der Waals surface area contributed by atoms with Gasteiger partial charge in [-0.3, -0.25) is 14.4 Å². The van der Waals surface area contributed by atoms with E-state index in [2.05, 4.69) is 91.0 Å². The summed E-state index contributed by atoms with van der Waals surface area (Å²) in [6, 6.07) is 55.0. The van der Waals surface area contributed by atoms with Crippen molar-refractivity contribution in [1.82, 2.24) is 0 Å². The van der Waals surface area contributed by atoms with E-state index >= 15 is 0 Å².